The Morgan fingerprint density at radius 3 is 2.00 bits per heavy atom. The van der Waals surface area contributed by atoms with Crippen molar-refractivity contribution >= 4 is 54.3 Å². The van der Waals surface area contributed by atoms with Crippen LogP contribution in [0, 0.1) is 0 Å². The van der Waals surface area contributed by atoms with Gasteiger partial charge in [-0.2, -0.15) is 0 Å². The number of hydrogen-bond acceptors (Lipinski definition) is 2. The van der Waals surface area contributed by atoms with Gasteiger partial charge in [-0.1, -0.05) is 135 Å². The Bertz CT molecular complexity index is 2720. The molecule has 0 spiro atoms. The smallest absolute Gasteiger partial charge is 0.235 e. The highest BCUT2D eigenvalue weighted by Gasteiger charge is 2.36. The van der Waals surface area contributed by atoms with Crippen LogP contribution >= 0.6 is 0 Å². The second kappa shape index (κ2) is 9.12. The van der Waals surface area contributed by atoms with E-state index in [1.54, 1.807) is 0 Å². The first kappa shape index (κ1) is 25.5. The van der Waals surface area contributed by atoms with E-state index in [1.165, 1.54) is 49.2 Å². The van der Waals surface area contributed by atoms with E-state index in [4.69, 9.17) is 9.97 Å². The molecule has 1 aliphatic carbocycles. The third-order valence-corrected chi connectivity index (χ3v) is 10.2. The quantitative estimate of drug-likeness (QED) is 0.188. The van der Waals surface area contributed by atoms with Gasteiger partial charge in [-0.25, -0.2) is 9.97 Å². The molecule has 3 nitrogen and oxygen atoms in total. The standard InChI is InChI=1S/C43H29N3/c1-43(2)36-19-11-10-18-31(36)34-25-38-35(24-37(34)43)32-22-20-27-13-7-9-17-30(27)41(32)46(38)42-44-39(28-14-4-3-5-15-28)33-23-21-26-12-6-8-16-29(26)40(33)45-42/h3-25H,1-2H3. The summed E-state index contributed by atoms with van der Waals surface area (Å²) in [4.78, 5) is 10.9. The lowest BCUT2D eigenvalue weighted by Crippen LogP contribution is -2.14. The summed E-state index contributed by atoms with van der Waals surface area (Å²) in [5.41, 5.74) is 10.5. The van der Waals surface area contributed by atoms with Gasteiger partial charge in [-0.3, -0.25) is 4.57 Å². The van der Waals surface area contributed by atoms with Gasteiger partial charge in [0.1, 0.15) is 0 Å². The van der Waals surface area contributed by atoms with Crippen molar-refractivity contribution in [1.82, 2.24) is 14.5 Å². The highest BCUT2D eigenvalue weighted by Crippen LogP contribution is 2.51. The Kier molecular flexibility index (Phi) is 5.06. The summed E-state index contributed by atoms with van der Waals surface area (Å²) in [5, 5.41) is 8.18. The maximum absolute atomic E-state index is 5.46. The Balaban J connectivity index is 1.41. The molecular weight excluding hydrogens is 558 g/mol. The molecule has 0 unspecified atom stereocenters. The molecule has 0 saturated carbocycles. The van der Waals surface area contributed by atoms with E-state index in [2.05, 4.69) is 158 Å². The van der Waals surface area contributed by atoms with Crippen LogP contribution in [-0.2, 0) is 5.41 Å². The summed E-state index contributed by atoms with van der Waals surface area (Å²) < 4.78 is 2.33. The van der Waals surface area contributed by atoms with E-state index in [0.717, 1.165) is 38.6 Å². The summed E-state index contributed by atoms with van der Waals surface area (Å²) in [6.45, 7) is 4.70. The van der Waals surface area contributed by atoms with Crippen molar-refractivity contribution in [3.63, 3.8) is 0 Å². The molecule has 2 aromatic heterocycles. The topological polar surface area (TPSA) is 30.7 Å². The largest absolute Gasteiger partial charge is 0.277 e. The van der Waals surface area contributed by atoms with Gasteiger partial charge in [0.25, 0.3) is 0 Å². The van der Waals surface area contributed by atoms with E-state index < -0.39 is 0 Å². The lowest BCUT2D eigenvalue weighted by Gasteiger charge is -2.21. The van der Waals surface area contributed by atoms with Crippen molar-refractivity contribution in [2.45, 2.75) is 19.3 Å². The molecule has 7 aromatic carbocycles. The molecule has 0 saturated heterocycles. The molecule has 46 heavy (non-hydrogen) atoms. The number of rotatable bonds is 2. The van der Waals surface area contributed by atoms with Crippen LogP contribution in [0.2, 0.25) is 0 Å². The molecule has 9 aromatic rings. The fraction of sp³-hybridized carbons (Fsp3) is 0.0698. The normalized spacial score (nSPS) is 13.6. The maximum Gasteiger partial charge on any atom is 0.235 e. The third-order valence-electron chi connectivity index (χ3n) is 10.2. The van der Waals surface area contributed by atoms with Crippen LogP contribution in [0.25, 0.3) is 82.6 Å². The van der Waals surface area contributed by atoms with Crippen LogP contribution in [-0.4, -0.2) is 14.5 Å². The van der Waals surface area contributed by atoms with Crippen molar-refractivity contribution in [3.8, 4) is 28.3 Å². The minimum absolute atomic E-state index is 0.0930. The SMILES string of the molecule is CC1(C)c2ccccc2-c2cc3c(cc21)c1ccc2ccccc2c1n3-c1nc(-c2ccccc2)c2ccc3ccccc3c2n1. The Labute approximate surface area is 266 Å². The van der Waals surface area contributed by atoms with E-state index >= 15 is 0 Å². The lowest BCUT2D eigenvalue weighted by molar-refractivity contribution is 0.661. The first-order valence-corrected chi connectivity index (χ1v) is 15.9. The van der Waals surface area contributed by atoms with E-state index in [9.17, 15) is 0 Å². The van der Waals surface area contributed by atoms with Crippen LogP contribution in [0.3, 0.4) is 0 Å². The van der Waals surface area contributed by atoms with Gasteiger partial charge in [0, 0.05) is 37.9 Å². The number of benzene rings is 7. The molecule has 3 heteroatoms. The van der Waals surface area contributed by atoms with Crippen LogP contribution in [0.4, 0.5) is 0 Å². The predicted molar refractivity (Wildman–Crippen MR) is 192 cm³/mol. The first-order valence-electron chi connectivity index (χ1n) is 15.9. The fourth-order valence-corrected chi connectivity index (χ4v) is 7.95. The Hall–Kier alpha value is -5.80. The van der Waals surface area contributed by atoms with Crippen LogP contribution < -0.4 is 0 Å². The third kappa shape index (κ3) is 3.37. The minimum atomic E-state index is -0.0930. The van der Waals surface area contributed by atoms with Gasteiger partial charge in [0.05, 0.1) is 22.2 Å². The highest BCUT2D eigenvalue weighted by molar-refractivity contribution is 6.19. The van der Waals surface area contributed by atoms with Gasteiger partial charge in [-0.05, 0) is 51.2 Å². The summed E-state index contributed by atoms with van der Waals surface area (Å²) in [5.74, 6) is 0.685. The zero-order valence-corrected chi connectivity index (χ0v) is 25.6. The fourth-order valence-electron chi connectivity index (χ4n) is 7.95. The monoisotopic (exact) mass is 587 g/mol. The second-order valence-electron chi connectivity index (χ2n) is 13.0. The Morgan fingerprint density at radius 1 is 0.500 bits per heavy atom. The van der Waals surface area contributed by atoms with Crippen molar-refractivity contribution < 1.29 is 0 Å². The summed E-state index contributed by atoms with van der Waals surface area (Å²) in [7, 11) is 0. The Morgan fingerprint density at radius 2 is 1.17 bits per heavy atom. The molecule has 216 valence electrons. The number of fused-ring (bicyclic) bond motifs is 11. The van der Waals surface area contributed by atoms with Crippen molar-refractivity contribution in [2.75, 3.05) is 0 Å². The zero-order chi connectivity index (χ0) is 30.6. The highest BCUT2D eigenvalue weighted by atomic mass is 15.2. The molecule has 0 bridgehead atoms. The van der Waals surface area contributed by atoms with E-state index in [-0.39, 0.29) is 5.41 Å². The van der Waals surface area contributed by atoms with Gasteiger partial charge in [0.2, 0.25) is 5.95 Å². The molecule has 2 heterocycles. The summed E-state index contributed by atoms with van der Waals surface area (Å²) >= 11 is 0. The van der Waals surface area contributed by atoms with Gasteiger partial charge in [-0.15, -0.1) is 0 Å². The number of aromatic nitrogens is 3. The van der Waals surface area contributed by atoms with Gasteiger partial charge in [0.15, 0.2) is 0 Å². The van der Waals surface area contributed by atoms with Crippen molar-refractivity contribution in [2.24, 2.45) is 0 Å². The average Bonchev–Trinajstić information content (AvgIpc) is 3.55. The zero-order valence-electron chi connectivity index (χ0n) is 25.6. The molecule has 0 radical (unpaired) electrons. The van der Waals surface area contributed by atoms with E-state index in [0.29, 0.717) is 5.95 Å². The minimum Gasteiger partial charge on any atom is -0.277 e. The number of hydrogen-bond donors (Lipinski definition) is 0. The van der Waals surface area contributed by atoms with Crippen LogP contribution in [0.1, 0.15) is 25.0 Å². The predicted octanol–water partition coefficient (Wildman–Crippen LogP) is 11.0. The van der Waals surface area contributed by atoms with Gasteiger partial charge >= 0.3 is 0 Å². The second-order valence-corrected chi connectivity index (χ2v) is 13.0. The van der Waals surface area contributed by atoms with Gasteiger partial charge < -0.3 is 0 Å². The molecular formula is C43H29N3. The molecule has 0 fully saturated rings. The average molecular weight is 588 g/mol. The summed E-state index contributed by atoms with van der Waals surface area (Å²) in [6, 6.07) is 50.3. The van der Waals surface area contributed by atoms with Crippen molar-refractivity contribution in [1.29, 1.82) is 0 Å². The molecule has 0 N–H and O–H groups in total. The molecule has 0 amide bonds. The first-order chi connectivity index (χ1) is 22.6. The van der Waals surface area contributed by atoms with E-state index in [1.807, 2.05) is 0 Å². The van der Waals surface area contributed by atoms with Crippen molar-refractivity contribution in [3.05, 3.63) is 151 Å². The molecule has 0 atom stereocenters. The lowest BCUT2D eigenvalue weighted by atomic mass is 9.82. The molecule has 0 aliphatic heterocycles. The summed E-state index contributed by atoms with van der Waals surface area (Å²) in [6.07, 6.45) is 0. The van der Waals surface area contributed by atoms with Crippen LogP contribution in [0.5, 0.6) is 0 Å². The maximum atomic E-state index is 5.46. The molecule has 1 aliphatic rings. The molecule has 10 rings (SSSR count). The van der Waals surface area contributed by atoms with Crippen LogP contribution in [0.15, 0.2) is 140 Å². The number of nitrogens with zero attached hydrogens (tertiary/aromatic N) is 3.